The number of thiazole rings is 1. The Morgan fingerprint density at radius 2 is 2.17 bits per heavy atom. The van der Waals surface area contributed by atoms with Crippen molar-refractivity contribution in [3.05, 3.63) is 10.5 Å². The van der Waals surface area contributed by atoms with Crippen LogP contribution < -0.4 is 4.90 Å². The van der Waals surface area contributed by atoms with Gasteiger partial charge in [0.25, 0.3) is 0 Å². The first-order chi connectivity index (χ1) is 8.58. The number of hydrogen-bond acceptors (Lipinski definition) is 5. The highest BCUT2D eigenvalue weighted by molar-refractivity contribution is 7.71. The van der Waals surface area contributed by atoms with Gasteiger partial charge in [-0.1, -0.05) is 11.3 Å². The SMILES string of the molecule is CN(C)c1nc(C2CC2)c(-c2n[nH]c(=S)n2C)s1. The first kappa shape index (κ1) is 11.9. The van der Waals surface area contributed by atoms with Crippen molar-refractivity contribution in [3.8, 4) is 10.7 Å². The largest absolute Gasteiger partial charge is 0.354 e. The molecule has 0 aromatic carbocycles. The maximum atomic E-state index is 5.18. The molecule has 0 amide bonds. The predicted octanol–water partition coefficient (Wildman–Crippen LogP) is 2.54. The summed E-state index contributed by atoms with van der Waals surface area (Å²) in [7, 11) is 5.97. The van der Waals surface area contributed by atoms with E-state index >= 15 is 0 Å². The minimum Gasteiger partial charge on any atom is -0.354 e. The zero-order valence-electron chi connectivity index (χ0n) is 10.6. The molecule has 0 saturated heterocycles. The average molecular weight is 281 g/mol. The monoisotopic (exact) mass is 281 g/mol. The Labute approximate surface area is 114 Å². The standard InChI is InChI=1S/C11H15N5S2/c1-15(2)11-12-7(6-4-5-6)8(18-11)9-13-14-10(17)16(9)3/h6H,4-5H2,1-3H3,(H,14,17). The molecule has 96 valence electrons. The van der Waals surface area contributed by atoms with E-state index in [2.05, 4.69) is 10.2 Å². The van der Waals surface area contributed by atoms with Crippen LogP contribution in [0, 0.1) is 4.77 Å². The molecule has 0 aliphatic heterocycles. The molecular formula is C11H15N5S2. The van der Waals surface area contributed by atoms with Crippen LogP contribution in [0.4, 0.5) is 5.13 Å². The molecule has 18 heavy (non-hydrogen) atoms. The summed E-state index contributed by atoms with van der Waals surface area (Å²) < 4.78 is 2.56. The molecule has 0 bridgehead atoms. The first-order valence-corrected chi connectivity index (χ1v) is 7.10. The van der Waals surface area contributed by atoms with Gasteiger partial charge in [-0.2, -0.15) is 5.10 Å². The lowest BCUT2D eigenvalue weighted by Gasteiger charge is -2.05. The maximum Gasteiger partial charge on any atom is 0.195 e. The molecule has 3 rings (SSSR count). The molecule has 2 aromatic rings. The molecule has 1 saturated carbocycles. The number of nitrogens with one attached hydrogen (secondary N) is 1. The Morgan fingerprint density at radius 1 is 1.44 bits per heavy atom. The van der Waals surface area contributed by atoms with E-state index in [4.69, 9.17) is 17.2 Å². The summed E-state index contributed by atoms with van der Waals surface area (Å²) in [6.07, 6.45) is 2.47. The van der Waals surface area contributed by atoms with Crippen LogP contribution in [0.25, 0.3) is 10.7 Å². The maximum absolute atomic E-state index is 5.18. The van der Waals surface area contributed by atoms with Crippen molar-refractivity contribution < 1.29 is 0 Å². The third-order valence-corrected chi connectivity index (χ3v) is 4.67. The molecule has 7 heteroatoms. The normalized spacial score (nSPS) is 15.1. The number of nitrogens with zero attached hydrogens (tertiary/aromatic N) is 4. The predicted molar refractivity (Wildman–Crippen MR) is 75.8 cm³/mol. The Hall–Kier alpha value is -1.21. The van der Waals surface area contributed by atoms with Gasteiger partial charge in [-0.15, -0.1) is 0 Å². The van der Waals surface area contributed by atoms with E-state index < -0.39 is 0 Å². The molecule has 0 atom stereocenters. The zero-order valence-corrected chi connectivity index (χ0v) is 12.2. The fourth-order valence-corrected chi connectivity index (χ4v) is 3.09. The van der Waals surface area contributed by atoms with E-state index in [1.807, 2.05) is 30.6 Å². The lowest BCUT2D eigenvalue weighted by Crippen LogP contribution is -2.07. The van der Waals surface area contributed by atoms with Gasteiger partial charge in [0.05, 0.1) is 10.6 Å². The Bertz CT molecular complexity index is 632. The lowest BCUT2D eigenvalue weighted by atomic mass is 10.2. The van der Waals surface area contributed by atoms with Crippen LogP contribution in [0.2, 0.25) is 0 Å². The van der Waals surface area contributed by atoms with Gasteiger partial charge in [-0.25, -0.2) is 4.98 Å². The van der Waals surface area contributed by atoms with Crippen molar-refractivity contribution in [1.82, 2.24) is 19.7 Å². The fourth-order valence-electron chi connectivity index (χ4n) is 1.86. The van der Waals surface area contributed by atoms with Crippen LogP contribution in [-0.2, 0) is 7.05 Å². The highest BCUT2D eigenvalue weighted by Gasteiger charge is 2.31. The van der Waals surface area contributed by atoms with Crippen molar-refractivity contribution in [2.45, 2.75) is 18.8 Å². The number of aromatic nitrogens is 4. The van der Waals surface area contributed by atoms with Crippen LogP contribution >= 0.6 is 23.6 Å². The molecule has 2 heterocycles. The van der Waals surface area contributed by atoms with Crippen molar-refractivity contribution in [2.75, 3.05) is 19.0 Å². The smallest absolute Gasteiger partial charge is 0.195 e. The van der Waals surface area contributed by atoms with Gasteiger partial charge in [0.1, 0.15) is 0 Å². The summed E-state index contributed by atoms with van der Waals surface area (Å²) in [6, 6.07) is 0. The summed E-state index contributed by atoms with van der Waals surface area (Å²) in [5.74, 6) is 1.50. The van der Waals surface area contributed by atoms with Crippen molar-refractivity contribution in [3.63, 3.8) is 0 Å². The molecule has 0 spiro atoms. The van der Waals surface area contributed by atoms with Crippen molar-refractivity contribution in [1.29, 1.82) is 0 Å². The fraction of sp³-hybridized carbons (Fsp3) is 0.545. The minimum atomic E-state index is 0.607. The number of hydrogen-bond donors (Lipinski definition) is 1. The van der Waals surface area contributed by atoms with Gasteiger partial charge in [0.2, 0.25) is 0 Å². The Morgan fingerprint density at radius 3 is 2.67 bits per heavy atom. The number of H-pyrrole nitrogens is 1. The minimum absolute atomic E-state index is 0.607. The lowest BCUT2D eigenvalue weighted by molar-refractivity contribution is 0.899. The highest BCUT2D eigenvalue weighted by Crippen LogP contribution is 2.47. The van der Waals surface area contributed by atoms with Crippen molar-refractivity contribution >= 4 is 28.7 Å². The van der Waals surface area contributed by atoms with E-state index in [0.29, 0.717) is 10.7 Å². The topological polar surface area (TPSA) is 49.7 Å². The van der Waals surface area contributed by atoms with E-state index in [1.54, 1.807) is 11.3 Å². The summed E-state index contributed by atoms with van der Waals surface area (Å²) in [6.45, 7) is 0. The third kappa shape index (κ3) is 1.87. The van der Waals surface area contributed by atoms with Crippen LogP contribution in [0.15, 0.2) is 0 Å². The van der Waals surface area contributed by atoms with Crippen LogP contribution in [0.5, 0.6) is 0 Å². The van der Waals surface area contributed by atoms with E-state index in [9.17, 15) is 0 Å². The second-order valence-corrected chi connectivity index (χ2v) is 6.16. The third-order valence-electron chi connectivity index (χ3n) is 3.07. The van der Waals surface area contributed by atoms with E-state index in [0.717, 1.165) is 15.8 Å². The summed E-state index contributed by atoms with van der Waals surface area (Å²) in [4.78, 5) is 7.93. The quantitative estimate of drug-likeness (QED) is 0.878. The Kier molecular flexibility index (Phi) is 2.74. The van der Waals surface area contributed by atoms with Crippen LogP contribution in [0.1, 0.15) is 24.5 Å². The Balaban J connectivity index is 2.15. The molecule has 0 unspecified atom stereocenters. The molecule has 5 nitrogen and oxygen atoms in total. The molecule has 1 aliphatic carbocycles. The molecular weight excluding hydrogens is 266 g/mol. The van der Waals surface area contributed by atoms with E-state index in [-0.39, 0.29) is 0 Å². The van der Waals surface area contributed by atoms with Gasteiger partial charge < -0.3 is 9.47 Å². The summed E-state index contributed by atoms with van der Waals surface area (Å²) in [5.41, 5.74) is 1.18. The first-order valence-electron chi connectivity index (χ1n) is 5.87. The molecule has 1 fully saturated rings. The summed E-state index contributed by atoms with van der Waals surface area (Å²) >= 11 is 6.86. The van der Waals surface area contributed by atoms with E-state index in [1.165, 1.54) is 18.5 Å². The van der Waals surface area contributed by atoms with Crippen LogP contribution in [-0.4, -0.2) is 33.8 Å². The zero-order chi connectivity index (χ0) is 12.9. The van der Waals surface area contributed by atoms with Gasteiger partial charge in [0.15, 0.2) is 15.7 Å². The number of aromatic amines is 1. The number of anilines is 1. The highest BCUT2D eigenvalue weighted by atomic mass is 32.1. The molecule has 1 N–H and O–H groups in total. The molecule has 1 aliphatic rings. The van der Waals surface area contributed by atoms with Gasteiger partial charge in [-0.3, -0.25) is 5.10 Å². The molecule has 2 aromatic heterocycles. The number of rotatable bonds is 3. The van der Waals surface area contributed by atoms with Gasteiger partial charge >= 0.3 is 0 Å². The molecule has 0 radical (unpaired) electrons. The van der Waals surface area contributed by atoms with Gasteiger partial charge in [0, 0.05) is 27.1 Å². The average Bonchev–Trinajstić information content (AvgIpc) is 3.00. The van der Waals surface area contributed by atoms with Crippen LogP contribution in [0.3, 0.4) is 0 Å². The second-order valence-electron chi connectivity index (χ2n) is 4.79. The summed E-state index contributed by atoms with van der Waals surface area (Å²) in [5, 5.41) is 8.20. The second kappa shape index (κ2) is 4.17. The van der Waals surface area contributed by atoms with Crippen molar-refractivity contribution in [2.24, 2.45) is 7.05 Å². The van der Waals surface area contributed by atoms with Gasteiger partial charge in [-0.05, 0) is 25.1 Å².